The number of nitrogens with zero attached hydrogens (tertiary/aromatic N) is 6. The van der Waals surface area contributed by atoms with Crippen LogP contribution < -0.4 is 4.90 Å². The number of halogens is 1. The molecule has 0 aliphatic heterocycles. The Labute approximate surface area is 196 Å². The van der Waals surface area contributed by atoms with Gasteiger partial charge in [0.2, 0.25) is 0 Å². The second-order valence-corrected chi connectivity index (χ2v) is 8.46. The van der Waals surface area contributed by atoms with Gasteiger partial charge in [-0.05, 0) is 74.2 Å². The Kier molecular flexibility index (Phi) is 6.02. The molecule has 1 saturated carbocycles. The number of aromatic nitrogens is 5. The lowest BCUT2D eigenvalue weighted by Gasteiger charge is -2.36. The van der Waals surface area contributed by atoms with E-state index in [0.717, 1.165) is 31.4 Å². The van der Waals surface area contributed by atoms with E-state index in [4.69, 9.17) is 16.3 Å². The molecule has 8 nitrogen and oxygen atoms in total. The van der Waals surface area contributed by atoms with Gasteiger partial charge in [0.25, 0.3) is 5.91 Å². The number of hydrogen-bond donors (Lipinski definition) is 0. The first-order valence-electron chi connectivity index (χ1n) is 10.9. The van der Waals surface area contributed by atoms with Crippen molar-refractivity contribution in [2.75, 3.05) is 12.0 Å². The molecule has 0 saturated heterocycles. The monoisotopic (exact) mass is 462 g/mol. The third-order valence-corrected chi connectivity index (χ3v) is 6.35. The molecule has 0 N–H and O–H groups in total. The van der Waals surface area contributed by atoms with E-state index in [-0.39, 0.29) is 18.1 Å². The van der Waals surface area contributed by atoms with Crippen LogP contribution in [0.3, 0.4) is 0 Å². The lowest BCUT2D eigenvalue weighted by Crippen LogP contribution is -2.45. The summed E-state index contributed by atoms with van der Waals surface area (Å²) >= 11 is 6.48. The van der Waals surface area contributed by atoms with Gasteiger partial charge in [0.15, 0.2) is 11.5 Å². The van der Waals surface area contributed by atoms with Crippen molar-refractivity contribution in [2.24, 2.45) is 0 Å². The van der Waals surface area contributed by atoms with Gasteiger partial charge >= 0.3 is 0 Å². The molecule has 3 aromatic heterocycles. The second-order valence-electron chi connectivity index (χ2n) is 8.06. The molecule has 0 spiro atoms. The molecule has 5 rings (SSSR count). The lowest BCUT2D eigenvalue weighted by molar-refractivity contribution is 0.0611. The highest BCUT2D eigenvalue weighted by Gasteiger charge is 2.33. The molecule has 9 heteroatoms. The number of hydrogen-bond acceptors (Lipinski definition) is 6. The molecule has 2 unspecified atom stereocenters. The molecule has 1 amide bonds. The summed E-state index contributed by atoms with van der Waals surface area (Å²) in [5.41, 5.74) is 2.68. The van der Waals surface area contributed by atoms with Gasteiger partial charge in [-0.3, -0.25) is 9.69 Å². The summed E-state index contributed by atoms with van der Waals surface area (Å²) in [7, 11) is 1.72. The number of rotatable bonds is 5. The second kappa shape index (κ2) is 9.25. The highest BCUT2D eigenvalue weighted by molar-refractivity contribution is 6.33. The SMILES string of the molecule is COC1CCCC(N(C(=O)c2ccc(-n3nnc4cccnc43)cc2)c2ncccc2Cl)C1. The first-order valence-corrected chi connectivity index (χ1v) is 11.3. The summed E-state index contributed by atoms with van der Waals surface area (Å²) in [6.07, 6.45) is 7.03. The molecule has 1 aliphatic rings. The topological polar surface area (TPSA) is 86.0 Å². The minimum absolute atomic E-state index is 0.0493. The van der Waals surface area contributed by atoms with E-state index >= 15 is 0 Å². The van der Waals surface area contributed by atoms with Crippen LogP contribution in [0, 0.1) is 0 Å². The zero-order valence-electron chi connectivity index (χ0n) is 18.1. The number of carbonyl (C=O) groups excluding carboxylic acids is 1. The fourth-order valence-electron chi connectivity index (χ4n) is 4.38. The van der Waals surface area contributed by atoms with Gasteiger partial charge in [-0.1, -0.05) is 16.8 Å². The molecule has 1 aliphatic carbocycles. The van der Waals surface area contributed by atoms with Crippen LogP contribution in [0.1, 0.15) is 36.0 Å². The number of amides is 1. The largest absolute Gasteiger partial charge is 0.381 e. The lowest BCUT2D eigenvalue weighted by atomic mass is 9.91. The van der Waals surface area contributed by atoms with Crippen molar-refractivity contribution in [1.82, 2.24) is 25.0 Å². The molecule has 3 heterocycles. The fourth-order valence-corrected chi connectivity index (χ4v) is 4.59. The van der Waals surface area contributed by atoms with Gasteiger partial charge in [-0.2, -0.15) is 4.68 Å². The predicted octanol–water partition coefficient (Wildman–Crippen LogP) is 4.47. The van der Waals surface area contributed by atoms with Crippen molar-refractivity contribution in [3.63, 3.8) is 0 Å². The maximum Gasteiger partial charge on any atom is 0.259 e. The van der Waals surface area contributed by atoms with E-state index < -0.39 is 0 Å². The van der Waals surface area contributed by atoms with Crippen LogP contribution in [0.15, 0.2) is 60.9 Å². The number of benzene rings is 1. The average Bonchev–Trinajstić information content (AvgIpc) is 3.30. The van der Waals surface area contributed by atoms with Crippen molar-refractivity contribution in [3.8, 4) is 5.69 Å². The Morgan fingerprint density at radius 2 is 1.88 bits per heavy atom. The normalized spacial score (nSPS) is 18.4. The van der Waals surface area contributed by atoms with Crippen LogP contribution in [0.5, 0.6) is 0 Å². The van der Waals surface area contributed by atoms with Crippen molar-refractivity contribution < 1.29 is 9.53 Å². The van der Waals surface area contributed by atoms with Crippen LogP contribution in [0.25, 0.3) is 16.9 Å². The van der Waals surface area contributed by atoms with E-state index in [2.05, 4.69) is 20.3 Å². The number of carbonyl (C=O) groups is 1. The van der Waals surface area contributed by atoms with E-state index in [9.17, 15) is 4.79 Å². The van der Waals surface area contributed by atoms with E-state index in [1.54, 1.807) is 53.4 Å². The molecule has 168 valence electrons. The number of pyridine rings is 2. The zero-order valence-corrected chi connectivity index (χ0v) is 18.9. The quantitative estimate of drug-likeness (QED) is 0.435. The summed E-state index contributed by atoms with van der Waals surface area (Å²) in [6, 6.07) is 14.4. The van der Waals surface area contributed by atoms with Gasteiger partial charge < -0.3 is 4.74 Å². The summed E-state index contributed by atoms with van der Waals surface area (Å²) < 4.78 is 7.26. The number of ether oxygens (including phenoxy) is 1. The fraction of sp³-hybridized carbons (Fsp3) is 0.292. The predicted molar refractivity (Wildman–Crippen MR) is 126 cm³/mol. The maximum absolute atomic E-state index is 13.7. The minimum atomic E-state index is -0.148. The summed E-state index contributed by atoms with van der Waals surface area (Å²) in [6.45, 7) is 0. The first-order chi connectivity index (χ1) is 16.2. The highest BCUT2D eigenvalue weighted by Crippen LogP contribution is 2.33. The van der Waals surface area contributed by atoms with E-state index in [0.29, 0.717) is 27.6 Å². The molecule has 1 fully saturated rings. The van der Waals surface area contributed by atoms with Gasteiger partial charge in [-0.15, -0.1) is 5.10 Å². The van der Waals surface area contributed by atoms with Crippen LogP contribution in [-0.4, -0.2) is 50.1 Å². The highest BCUT2D eigenvalue weighted by atomic mass is 35.5. The van der Waals surface area contributed by atoms with Crippen LogP contribution in [-0.2, 0) is 4.74 Å². The van der Waals surface area contributed by atoms with E-state index in [1.165, 1.54) is 0 Å². The Bertz CT molecular complexity index is 1280. The number of anilines is 1. The molecule has 33 heavy (non-hydrogen) atoms. The zero-order chi connectivity index (χ0) is 22.8. The van der Waals surface area contributed by atoms with Crippen LogP contribution in [0.4, 0.5) is 5.82 Å². The number of fused-ring (bicyclic) bond motifs is 1. The Balaban J connectivity index is 1.48. The van der Waals surface area contributed by atoms with Gasteiger partial charge in [0, 0.05) is 31.1 Å². The average molecular weight is 463 g/mol. The van der Waals surface area contributed by atoms with E-state index in [1.807, 2.05) is 24.3 Å². The van der Waals surface area contributed by atoms with Crippen molar-refractivity contribution in [3.05, 3.63) is 71.5 Å². The standard InChI is InChI=1S/C24H23ClN6O2/c1-33-19-6-2-5-18(15-19)30(22-20(25)7-3-13-26-22)24(32)16-9-11-17(12-10-16)31-23-21(28-29-31)8-4-14-27-23/h3-4,7-14,18-19H,2,5-6,15H2,1H3. The molecule has 2 atom stereocenters. The summed E-state index contributed by atoms with van der Waals surface area (Å²) in [5.74, 6) is 0.326. The van der Waals surface area contributed by atoms with Crippen molar-refractivity contribution in [1.29, 1.82) is 0 Å². The van der Waals surface area contributed by atoms with Crippen molar-refractivity contribution in [2.45, 2.75) is 37.8 Å². The van der Waals surface area contributed by atoms with Gasteiger partial charge in [0.05, 0.1) is 16.8 Å². The van der Waals surface area contributed by atoms with Gasteiger partial charge in [0.1, 0.15) is 5.52 Å². The first kappa shape index (κ1) is 21.5. The van der Waals surface area contributed by atoms with Crippen LogP contribution in [0.2, 0.25) is 5.02 Å². The summed E-state index contributed by atoms with van der Waals surface area (Å²) in [5, 5.41) is 8.79. The Morgan fingerprint density at radius 3 is 2.67 bits per heavy atom. The smallest absolute Gasteiger partial charge is 0.259 e. The molecule has 0 bridgehead atoms. The molecular weight excluding hydrogens is 440 g/mol. The molecule has 1 aromatic carbocycles. The Hall–Kier alpha value is -3.36. The molecule has 4 aromatic rings. The molecule has 0 radical (unpaired) electrons. The summed E-state index contributed by atoms with van der Waals surface area (Å²) in [4.78, 5) is 24.3. The van der Waals surface area contributed by atoms with Gasteiger partial charge in [-0.25, -0.2) is 9.97 Å². The third-order valence-electron chi connectivity index (χ3n) is 6.05. The molecular formula is C24H23ClN6O2. The number of methoxy groups -OCH3 is 1. The third kappa shape index (κ3) is 4.19. The maximum atomic E-state index is 13.7. The minimum Gasteiger partial charge on any atom is -0.381 e. The van der Waals surface area contributed by atoms with Crippen molar-refractivity contribution >= 4 is 34.5 Å². The van der Waals surface area contributed by atoms with Crippen LogP contribution >= 0.6 is 11.6 Å². The Morgan fingerprint density at radius 1 is 1.09 bits per heavy atom.